The zero-order valence-electron chi connectivity index (χ0n) is 12.6. The van der Waals surface area contributed by atoms with E-state index < -0.39 is 5.97 Å². The highest BCUT2D eigenvalue weighted by molar-refractivity contribution is 5.94. The first-order valence-electron chi connectivity index (χ1n) is 7.11. The summed E-state index contributed by atoms with van der Waals surface area (Å²) < 4.78 is 1.74. The molecule has 0 saturated carbocycles. The van der Waals surface area contributed by atoms with Crippen LogP contribution in [0, 0.1) is 6.92 Å². The van der Waals surface area contributed by atoms with Crippen LogP contribution in [-0.4, -0.2) is 32.8 Å². The number of benzene rings is 1. The molecule has 0 bridgehead atoms. The summed E-state index contributed by atoms with van der Waals surface area (Å²) in [6.45, 7) is 3.71. The number of hydrogen-bond acceptors (Lipinski definition) is 3. The van der Waals surface area contributed by atoms with Crippen molar-refractivity contribution in [3.63, 3.8) is 0 Å². The van der Waals surface area contributed by atoms with E-state index in [9.17, 15) is 9.59 Å². The average molecular weight is 301 g/mol. The van der Waals surface area contributed by atoms with Gasteiger partial charge in [-0.15, -0.1) is 0 Å². The average Bonchev–Trinajstić information content (AvgIpc) is 2.92. The van der Waals surface area contributed by atoms with E-state index in [0.717, 1.165) is 11.4 Å². The summed E-state index contributed by atoms with van der Waals surface area (Å²) in [7, 11) is 0. The number of carbonyl (C=O) groups is 2. The van der Waals surface area contributed by atoms with Gasteiger partial charge in [-0.1, -0.05) is 0 Å². The Bertz CT molecular complexity index is 662. The number of nitrogens with one attached hydrogen (secondary N) is 1. The van der Waals surface area contributed by atoms with Crippen molar-refractivity contribution in [1.29, 1.82) is 0 Å². The Hall–Kier alpha value is -2.63. The van der Waals surface area contributed by atoms with Gasteiger partial charge in [0.2, 0.25) is 0 Å². The van der Waals surface area contributed by atoms with E-state index >= 15 is 0 Å². The van der Waals surface area contributed by atoms with E-state index in [1.54, 1.807) is 23.7 Å². The fraction of sp³-hybridized carbons (Fsp3) is 0.312. The summed E-state index contributed by atoms with van der Waals surface area (Å²) in [5.41, 5.74) is 2.34. The summed E-state index contributed by atoms with van der Waals surface area (Å²) >= 11 is 0. The SMILES string of the molecule is Cc1ccn(-c2ccc(C(=O)NC(C)CCC(=O)O)cc2)n1. The summed E-state index contributed by atoms with van der Waals surface area (Å²) in [5.74, 6) is -1.07. The number of aromatic nitrogens is 2. The number of aryl methyl sites for hydroxylation is 1. The molecule has 22 heavy (non-hydrogen) atoms. The highest BCUT2D eigenvalue weighted by Gasteiger charge is 2.11. The van der Waals surface area contributed by atoms with Crippen LogP contribution in [0.3, 0.4) is 0 Å². The quantitative estimate of drug-likeness (QED) is 0.856. The van der Waals surface area contributed by atoms with Gasteiger partial charge in [0.1, 0.15) is 0 Å². The lowest BCUT2D eigenvalue weighted by molar-refractivity contribution is -0.137. The van der Waals surface area contributed by atoms with E-state index in [1.165, 1.54) is 0 Å². The highest BCUT2D eigenvalue weighted by atomic mass is 16.4. The molecule has 0 aliphatic carbocycles. The predicted octanol–water partition coefficient (Wildman–Crippen LogP) is 2.16. The van der Waals surface area contributed by atoms with Gasteiger partial charge in [0.05, 0.1) is 11.4 Å². The highest BCUT2D eigenvalue weighted by Crippen LogP contribution is 2.10. The van der Waals surface area contributed by atoms with Crippen LogP contribution < -0.4 is 5.32 Å². The van der Waals surface area contributed by atoms with Crippen molar-refractivity contribution >= 4 is 11.9 Å². The van der Waals surface area contributed by atoms with Crippen molar-refractivity contribution in [3.8, 4) is 5.69 Å². The lowest BCUT2D eigenvalue weighted by Gasteiger charge is -2.13. The van der Waals surface area contributed by atoms with Crippen LogP contribution in [-0.2, 0) is 4.79 Å². The van der Waals surface area contributed by atoms with Crippen molar-refractivity contribution in [2.24, 2.45) is 0 Å². The topological polar surface area (TPSA) is 84.2 Å². The second-order valence-corrected chi connectivity index (χ2v) is 5.26. The predicted molar refractivity (Wildman–Crippen MR) is 82.1 cm³/mol. The van der Waals surface area contributed by atoms with Crippen LogP contribution in [0.5, 0.6) is 0 Å². The van der Waals surface area contributed by atoms with Gasteiger partial charge >= 0.3 is 5.97 Å². The van der Waals surface area contributed by atoms with Crippen molar-refractivity contribution in [2.45, 2.75) is 32.7 Å². The van der Waals surface area contributed by atoms with Crippen LogP contribution in [0.1, 0.15) is 35.8 Å². The van der Waals surface area contributed by atoms with Gasteiger partial charge in [0.25, 0.3) is 5.91 Å². The van der Waals surface area contributed by atoms with Gasteiger partial charge in [-0.2, -0.15) is 5.10 Å². The van der Waals surface area contributed by atoms with Crippen LogP contribution in [0.2, 0.25) is 0 Å². The molecular weight excluding hydrogens is 282 g/mol. The number of carbonyl (C=O) groups excluding carboxylic acids is 1. The Kier molecular flexibility index (Phi) is 4.93. The van der Waals surface area contributed by atoms with Crippen LogP contribution in [0.25, 0.3) is 5.69 Å². The summed E-state index contributed by atoms with van der Waals surface area (Å²) in [5, 5.41) is 15.7. The fourth-order valence-corrected chi connectivity index (χ4v) is 2.04. The van der Waals surface area contributed by atoms with E-state index in [2.05, 4.69) is 10.4 Å². The minimum absolute atomic E-state index is 0.0407. The Labute approximate surface area is 128 Å². The molecule has 0 radical (unpaired) electrons. The zero-order valence-corrected chi connectivity index (χ0v) is 12.6. The second-order valence-electron chi connectivity index (χ2n) is 5.26. The molecular formula is C16H19N3O3. The van der Waals surface area contributed by atoms with E-state index in [4.69, 9.17) is 5.11 Å². The van der Waals surface area contributed by atoms with E-state index in [0.29, 0.717) is 12.0 Å². The molecule has 2 rings (SSSR count). The first-order chi connectivity index (χ1) is 10.5. The lowest BCUT2D eigenvalue weighted by atomic mass is 10.1. The molecule has 2 aromatic rings. The van der Waals surface area contributed by atoms with Crippen LogP contribution >= 0.6 is 0 Å². The normalized spacial score (nSPS) is 11.9. The first kappa shape index (κ1) is 15.8. The second kappa shape index (κ2) is 6.89. The van der Waals surface area contributed by atoms with Crippen molar-refractivity contribution in [2.75, 3.05) is 0 Å². The number of aliphatic carboxylic acids is 1. The fourth-order valence-electron chi connectivity index (χ4n) is 2.04. The Balaban J connectivity index is 1.97. The number of amides is 1. The number of carboxylic acid groups (broad SMARTS) is 1. The maximum Gasteiger partial charge on any atom is 0.303 e. The van der Waals surface area contributed by atoms with E-state index in [-0.39, 0.29) is 18.4 Å². The molecule has 1 heterocycles. The van der Waals surface area contributed by atoms with Crippen molar-refractivity contribution in [3.05, 3.63) is 47.8 Å². The molecule has 0 aliphatic rings. The molecule has 1 atom stereocenters. The third-order valence-corrected chi connectivity index (χ3v) is 3.29. The Morgan fingerprint density at radius 3 is 2.50 bits per heavy atom. The number of hydrogen-bond donors (Lipinski definition) is 2. The molecule has 1 aromatic carbocycles. The zero-order chi connectivity index (χ0) is 16.1. The lowest BCUT2D eigenvalue weighted by Crippen LogP contribution is -2.32. The minimum atomic E-state index is -0.861. The van der Waals surface area contributed by atoms with Crippen LogP contribution in [0.15, 0.2) is 36.5 Å². The summed E-state index contributed by atoms with van der Waals surface area (Å²) in [6.07, 6.45) is 2.31. The summed E-state index contributed by atoms with van der Waals surface area (Å²) in [6, 6.07) is 8.83. The third kappa shape index (κ3) is 4.18. The molecule has 1 amide bonds. The molecule has 0 fully saturated rings. The maximum absolute atomic E-state index is 12.1. The number of carboxylic acids is 1. The monoisotopic (exact) mass is 301 g/mol. The van der Waals surface area contributed by atoms with Gasteiger partial charge in [-0.05, 0) is 50.6 Å². The molecule has 0 saturated heterocycles. The largest absolute Gasteiger partial charge is 0.481 e. The van der Waals surface area contributed by atoms with Crippen molar-refractivity contribution < 1.29 is 14.7 Å². The van der Waals surface area contributed by atoms with Gasteiger partial charge in [0, 0.05) is 24.2 Å². The standard InChI is InChI=1S/C16H19N3O3/c1-11(3-8-15(20)21)17-16(22)13-4-6-14(7-5-13)19-10-9-12(2)18-19/h4-7,9-11H,3,8H2,1-2H3,(H,17,22)(H,20,21). The van der Waals surface area contributed by atoms with Crippen molar-refractivity contribution in [1.82, 2.24) is 15.1 Å². The molecule has 6 nitrogen and oxygen atoms in total. The Morgan fingerprint density at radius 1 is 1.27 bits per heavy atom. The summed E-state index contributed by atoms with van der Waals surface area (Å²) in [4.78, 5) is 22.6. The number of nitrogens with zero attached hydrogens (tertiary/aromatic N) is 2. The minimum Gasteiger partial charge on any atom is -0.481 e. The molecule has 0 spiro atoms. The smallest absolute Gasteiger partial charge is 0.303 e. The van der Waals surface area contributed by atoms with E-state index in [1.807, 2.05) is 31.3 Å². The molecule has 1 aromatic heterocycles. The first-order valence-corrected chi connectivity index (χ1v) is 7.11. The number of rotatable bonds is 6. The third-order valence-electron chi connectivity index (χ3n) is 3.29. The van der Waals surface area contributed by atoms with Gasteiger partial charge in [0.15, 0.2) is 0 Å². The molecule has 0 aliphatic heterocycles. The Morgan fingerprint density at radius 2 is 1.95 bits per heavy atom. The van der Waals surface area contributed by atoms with Crippen LogP contribution in [0.4, 0.5) is 0 Å². The van der Waals surface area contributed by atoms with Gasteiger partial charge in [-0.25, -0.2) is 4.68 Å². The van der Waals surface area contributed by atoms with Gasteiger partial charge < -0.3 is 10.4 Å². The molecule has 116 valence electrons. The molecule has 6 heteroatoms. The molecule has 1 unspecified atom stereocenters. The maximum atomic E-state index is 12.1. The molecule has 2 N–H and O–H groups in total. The van der Waals surface area contributed by atoms with Gasteiger partial charge in [-0.3, -0.25) is 9.59 Å².